The lowest BCUT2D eigenvalue weighted by Crippen LogP contribution is -2.35. The van der Waals surface area contributed by atoms with Crippen molar-refractivity contribution in [2.24, 2.45) is 0 Å². The van der Waals surface area contributed by atoms with Crippen molar-refractivity contribution in [2.45, 2.75) is 52.7 Å². The highest BCUT2D eigenvalue weighted by molar-refractivity contribution is 5.43. The molecule has 1 atom stereocenters. The first kappa shape index (κ1) is 26.8. The SMILES string of the molecule is CCCCOC[C@H](O)CN(CCC)Cc1c(C)nn(-c2ccc(F)cc2)c1Oc1cccc(F)c1. The van der Waals surface area contributed by atoms with E-state index in [0.717, 1.165) is 37.1 Å². The van der Waals surface area contributed by atoms with Crippen molar-refractivity contribution >= 4 is 0 Å². The third-order valence-electron chi connectivity index (χ3n) is 5.56. The second kappa shape index (κ2) is 13.3. The molecule has 0 radical (unpaired) electrons. The molecule has 1 N–H and O–H groups in total. The zero-order chi connectivity index (χ0) is 25.2. The molecule has 0 fully saturated rings. The molecule has 6 nitrogen and oxygen atoms in total. The van der Waals surface area contributed by atoms with E-state index in [9.17, 15) is 13.9 Å². The molecule has 0 spiro atoms. The molecule has 0 aliphatic carbocycles. The molecule has 0 saturated carbocycles. The number of aliphatic hydroxyl groups excluding tert-OH is 1. The lowest BCUT2D eigenvalue weighted by Gasteiger charge is -2.25. The van der Waals surface area contributed by atoms with E-state index >= 15 is 0 Å². The average molecular weight is 488 g/mol. The molecule has 0 unspecified atom stereocenters. The summed E-state index contributed by atoms with van der Waals surface area (Å²) in [7, 11) is 0. The van der Waals surface area contributed by atoms with Crippen LogP contribution in [0.25, 0.3) is 5.69 Å². The molecule has 2 aromatic carbocycles. The maximum atomic E-state index is 13.9. The molecule has 3 aromatic rings. The van der Waals surface area contributed by atoms with Gasteiger partial charge < -0.3 is 14.6 Å². The van der Waals surface area contributed by atoms with Gasteiger partial charge in [-0.1, -0.05) is 26.3 Å². The fourth-order valence-corrected chi connectivity index (χ4v) is 3.82. The minimum Gasteiger partial charge on any atom is -0.438 e. The van der Waals surface area contributed by atoms with Crippen LogP contribution in [0.3, 0.4) is 0 Å². The number of rotatable bonds is 14. The van der Waals surface area contributed by atoms with Crippen LogP contribution >= 0.6 is 0 Å². The summed E-state index contributed by atoms with van der Waals surface area (Å²) < 4.78 is 40.7. The zero-order valence-electron chi connectivity index (χ0n) is 20.7. The van der Waals surface area contributed by atoms with Gasteiger partial charge in [-0.05, 0) is 62.7 Å². The van der Waals surface area contributed by atoms with Gasteiger partial charge in [-0.25, -0.2) is 13.5 Å². The summed E-state index contributed by atoms with van der Waals surface area (Å²) in [5, 5.41) is 15.2. The molecule has 0 aliphatic heterocycles. The normalized spacial score (nSPS) is 12.3. The average Bonchev–Trinajstić information content (AvgIpc) is 3.12. The summed E-state index contributed by atoms with van der Waals surface area (Å²) in [5.41, 5.74) is 2.17. The van der Waals surface area contributed by atoms with E-state index < -0.39 is 11.9 Å². The third-order valence-corrected chi connectivity index (χ3v) is 5.56. The molecule has 0 saturated heterocycles. The van der Waals surface area contributed by atoms with E-state index in [4.69, 9.17) is 9.47 Å². The maximum Gasteiger partial charge on any atom is 0.227 e. The lowest BCUT2D eigenvalue weighted by molar-refractivity contribution is 0.0143. The minimum atomic E-state index is -0.626. The first-order valence-corrected chi connectivity index (χ1v) is 12.2. The smallest absolute Gasteiger partial charge is 0.227 e. The fraction of sp³-hybridized carbons (Fsp3) is 0.444. The van der Waals surface area contributed by atoms with Gasteiger partial charge in [-0.2, -0.15) is 5.10 Å². The number of aromatic nitrogens is 2. The van der Waals surface area contributed by atoms with Crippen molar-refractivity contribution in [1.29, 1.82) is 0 Å². The Kier molecular flexibility index (Phi) is 10.2. The molecule has 35 heavy (non-hydrogen) atoms. The Hall–Kier alpha value is -2.81. The lowest BCUT2D eigenvalue weighted by atomic mass is 10.2. The van der Waals surface area contributed by atoms with Crippen LogP contribution in [-0.4, -0.2) is 52.2 Å². The van der Waals surface area contributed by atoms with Gasteiger partial charge in [0, 0.05) is 25.8 Å². The molecule has 1 heterocycles. The number of halogens is 2. The maximum absolute atomic E-state index is 13.9. The van der Waals surface area contributed by atoms with E-state index in [1.165, 1.54) is 24.3 Å². The number of hydrogen-bond acceptors (Lipinski definition) is 5. The number of benzene rings is 2. The molecule has 0 amide bonds. The van der Waals surface area contributed by atoms with Crippen LogP contribution in [0.5, 0.6) is 11.6 Å². The van der Waals surface area contributed by atoms with E-state index in [1.807, 2.05) is 6.92 Å². The summed E-state index contributed by atoms with van der Waals surface area (Å²) in [4.78, 5) is 2.13. The fourth-order valence-electron chi connectivity index (χ4n) is 3.82. The highest BCUT2D eigenvalue weighted by Crippen LogP contribution is 2.32. The summed E-state index contributed by atoms with van der Waals surface area (Å²) in [6, 6.07) is 11.9. The molecule has 0 aliphatic rings. The van der Waals surface area contributed by atoms with E-state index in [2.05, 4.69) is 23.8 Å². The van der Waals surface area contributed by atoms with E-state index in [0.29, 0.717) is 37.0 Å². The van der Waals surface area contributed by atoms with E-state index in [1.54, 1.807) is 28.9 Å². The van der Waals surface area contributed by atoms with Crippen LogP contribution in [0.4, 0.5) is 8.78 Å². The van der Waals surface area contributed by atoms with Crippen molar-refractivity contribution in [3.05, 3.63) is 71.4 Å². The highest BCUT2D eigenvalue weighted by atomic mass is 19.1. The van der Waals surface area contributed by atoms with Crippen LogP contribution in [0, 0.1) is 18.6 Å². The predicted octanol–water partition coefficient (Wildman–Crippen LogP) is 5.64. The molecule has 0 bridgehead atoms. The van der Waals surface area contributed by atoms with Crippen LogP contribution in [0.15, 0.2) is 48.5 Å². The summed E-state index contributed by atoms with van der Waals surface area (Å²) in [6.45, 7) is 8.63. The Morgan fingerprint density at radius 2 is 1.83 bits per heavy atom. The monoisotopic (exact) mass is 487 g/mol. The minimum absolute atomic E-state index is 0.278. The molecule has 8 heteroatoms. The topological polar surface area (TPSA) is 59.8 Å². The van der Waals surface area contributed by atoms with Crippen LogP contribution in [0.1, 0.15) is 44.4 Å². The van der Waals surface area contributed by atoms with E-state index in [-0.39, 0.29) is 12.4 Å². The summed E-state index contributed by atoms with van der Waals surface area (Å²) in [5.74, 6) is -0.00227. The zero-order valence-corrected chi connectivity index (χ0v) is 20.7. The molecule has 3 rings (SSSR count). The summed E-state index contributed by atoms with van der Waals surface area (Å²) >= 11 is 0. The Bertz CT molecular complexity index is 1060. The van der Waals surface area contributed by atoms with Gasteiger partial charge in [-0.3, -0.25) is 4.90 Å². The number of nitrogens with zero attached hydrogens (tertiary/aromatic N) is 3. The number of aliphatic hydroxyl groups is 1. The number of ether oxygens (including phenoxy) is 2. The van der Waals surface area contributed by atoms with Gasteiger partial charge in [0.2, 0.25) is 5.88 Å². The largest absolute Gasteiger partial charge is 0.438 e. The second-order valence-electron chi connectivity index (χ2n) is 8.63. The van der Waals surface area contributed by atoms with Gasteiger partial charge in [0.25, 0.3) is 0 Å². The second-order valence-corrected chi connectivity index (χ2v) is 8.63. The van der Waals surface area contributed by atoms with Crippen molar-refractivity contribution in [3.8, 4) is 17.3 Å². The van der Waals surface area contributed by atoms with Gasteiger partial charge >= 0.3 is 0 Å². The Morgan fingerprint density at radius 1 is 1.06 bits per heavy atom. The Morgan fingerprint density at radius 3 is 2.51 bits per heavy atom. The van der Waals surface area contributed by atoms with Gasteiger partial charge in [0.15, 0.2) is 0 Å². The van der Waals surface area contributed by atoms with Gasteiger partial charge in [0.1, 0.15) is 17.4 Å². The van der Waals surface area contributed by atoms with Gasteiger partial charge in [0.05, 0.1) is 29.7 Å². The summed E-state index contributed by atoms with van der Waals surface area (Å²) in [6.07, 6.45) is 2.28. The molecule has 190 valence electrons. The Balaban J connectivity index is 1.89. The van der Waals surface area contributed by atoms with Crippen molar-refractivity contribution in [3.63, 3.8) is 0 Å². The number of hydrogen-bond donors (Lipinski definition) is 1. The molecule has 1 aromatic heterocycles. The first-order valence-electron chi connectivity index (χ1n) is 12.2. The highest BCUT2D eigenvalue weighted by Gasteiger charge is 2.22. The predicted molar refractivity (Wildman–Crippen MR) is 132 cm³/mol. The van der Waals surface area contributed by atoms with Crippen molar-refractivity contribution in [2.75, 3.05) is 26.3 Å². The van der Waals surface area contributed by atoms with Crippen molar-refractivity contribution in [1.82, 2.24) is 14.7 Å². The van der Waals surface area contributed by atoms with Gasteiger partial charge in [-0.15, -0.1) is 0 Å². The first-order chi connectivity index (χ1) is 16.9. The van der Waals surface area contributed by atoms with Crippen LogP contribution < -0.4 is 4.74 Å². The molecular weight excluding hydrogens is 452 g/mol. The number of aryl methyl sites for hydroxylation is 1. The third kappa shape index (κ3) is 7.85. The Labute approximate surface area is 206 Å². The number of unbranched alkanes of at least 4 members (excludes halogenated alkanes) is 1. The molecular formula is C27H35F2N3O3. The van der Waals surface area contributed by atoms with Crippen LogP contribution in [-0.2, 0) is 11.3 Å². The van der Waals surface area contributed by atoms with Crippen LogP contribution in [0.2, 0.25) is 0 Å². The quantitative estimate of drug-likeness (QED) is 0.298. The standard InChI is InChI=1S/C27H35F2N3O3/c1-4-6-15-34-19-24(33)17-31(14-5-2)18-26-20(3)30-32(23-12-10-21(28)11-13-23)27(26)35-25-9-7-8-22(29)16-25/h7-13,16,24,33H,4-6,14-15,17-19H2,1-3H3/t24-/m1/s1. The van der Waals surface area contributed by atoms with Crippen molar-refractivity contribution < 1.29 is 23.4 Å².